The van der Waals surface area contributed by atoms with Crippen LogP contribution in [0.15, 0.2) is 0 Å². The average molecular weight is 220 g/mol. The van der Waals surface area contributed by atoms with Gasteiger partial charge in [0.2, 0.25) is 0 Å². The van der Waals surface area contributed by atoms with Crippen LogP contribution in [0.3, 0.4) is 0 Å². The Balaban J connectivity index is 2.96. The Kier molecular flexibility index (Phi) is 1.94. The van der Waals surface area contributed by atoms with Crippen molar-refractivity contribution in [1.29, 1.82) is 0 Å². The molecular weight excluding hydrogens is 217 g/mol. The van der Waals surface area contributed by atoms with Gasteiger partial charge in [-0.2, -0.15) is 0 Å². The number of hydrogen-bond acceptors (Lipinski definition) is 4. The largest absolute Gasteiger partial charge is 0.444 e. The van der Waals surface area contributed by atoms with Crippen LogP contribution in [0.5, 0.6) is 0 Å². The van der Waals surface area contributed by atoms with E-state index in [2.05, 4.69) is 4.74 Å². The predicted molar refractivity (Wildman–Crippen MR) is 37.8 cm³/mol. The Morgan fingerprint density at radius 2 is 2.18 bits per heavy atom. The summed E-state index contributed by atoms with van der Waals surface area (Å²) in [5, 5.41) is 1.85. The molecule has 1 unspecified atom stereocenters. The molecule has 64 valence electrons. The maximum absolute atomic E-state index is 10.6. The number of amides is 1. The Bertz CT molecular complexity index is 288. The Labute approximate surface area is 72.0 Å². The van der Waals surface area contributed by atoms with Crippen molar-refractivity contribution in [1.82, 2.24) is 5.32 Å². The molecule has 5 nitrogen and oxygen atoms in total. The molecule has 0 spiro atoms. The van der Waals surface area contributed by atoms with E-state index < -0.39 is 26.1 Å². The summed E-state index contributed by atoms with van der Waals surface area (Å²) in [4.78, 5) is 10.4. The zero-order valence-electron chi connectivity index (χ0n) is 5.00. The molecule has 0 aromatic rings. The average Bonchev–Trinajstić information content (AvgIpc) is 2.10. The van der Waals surface area contributed by atoms with Gasteiger partial charge in [0.1, 0.15) is 6.61 Å². The van der Waals surface area contributed by atoms with Crippen LogP contribution in [0.2, 0.25) is 0 Å². The molecule has 1 saturated heterocycles. The van der Waals surface area contributed by atoms with Crippen molar-refractivity contribution in [2.75, 3.05) is 6.61 Å². The van der Waals surface area contributed by atoms with E-state index in [4.69, 9.17) is 22.3 Å². The van der Waals surface area contributed by atoms with Gasteiger partial charge in [-0.3, -0.25) is 5.32 Å². The third-order valence-electron chi connectivity index (χ3n) is 1.06. The maximum atomic E-state index is 10.6. The number of carbonyl (C=O) groups is 1. The highest BCUT2D eigenvalue weighted by Crippen LogP contribution is 2.27. The van der Waals surface area contributed by atoms with Gasteiger partial charge in [0.05, 0.1) is 0 Å². The predicted octanol–water partition coefficient (Wildman–Crippen LogP) is 0.187. The lowest BCUT2D eigenvalue weighted by atomic mass is 10.7. The minimum Gasteiger partial charge on any atom is -0.444 e. The van der Waals surface area contributed by atoms with Gasteiger partial charge in [-0.25, -0.2) is 13.2 Å². The minimum atomic E-state index is -4.05. The van der Waals surface area contributed by atoms with E-state index in [1.54, 1.807) is 0 Å². The fourth-order valence-electron chi connectivity index (χ4n) is 0.514. The molecule has 0 aromatic heterocycles. The van der Waals surface area contributed by atoms with Crippen molar-refractivity contribution in [3.05, 3.63) is 0 Å². The van der Waals surface area contributed by atoms with Gasteiger partial charge in [-0.1, -0.05) is 11.6 Å². The van der Waals surface area contributed by atoms with Crippen LogP contribution in [0.4, 0.5) is 4.79 Å². The zero-order valence-corrected chi connectivity index (χ0v) is 7.33. The molecule has 1 amide bonds. The van der Waals surface area contributed by atoms with Gasteiger partial charge in [-0.05, 0) is 0 Å². The van der Waals surface area contributed by atoms with E-state index in [-0.39, 0.29) is 0 Å². The normalized spacial score (nSPS) is 31.3. The molecule has 11 heavy (non-hydrogen) atoms. The highest BCUT2D eigenvalue weighted by molar-refractivity contribution is 8.15. The summed E-state index contributed by atoms with van der Waals surface area (Å²) in [5.74, 6) is 0. The second-order valence-corrected chi connectivity index (χ2v) is 5.53. The first-order valence-electron chi connectivity index (χ1n) is 2.43. The van der Waals surface area contributed by atoms with Gasteiger partial charge < -0.3 is 4.74 Å². The third-order valence-corrected chi connectivity index (χ3v) is 3.90. The van der Waals surface area contributed by atoms with Crippen LogP contribution in [0, 0.1) is 0 Å². The molecule has 1 N–H and O–H groups in total. The summed E-state index contributed by atoms with van der Waals surface area (Å²) in [7, 11) is 0.837. The summed E-state index contributed by atoms with van der Waals surface area (Å²) >= 11 is 5.36. The van der Waals surface area contributed by atoms with Crippen LogP contribution >= 0.6 is 22.3 Å². The summed E-state index contributed by atoms with van der Waals surface area (Å²) in [5.41, 5.74) is 0. The lowest BCUT2D eigenvalue weighted by Gasteiger charge is -2.12. The first-order chi connectivity index (χ1) is 4.85. The Morgan fingerprint density at radius 3 is 2.36 bits per heavy atom. The zero-order chi connectivity index (χ0) is 8.70. The summed E-state index contributed by atoms with van der Waals surface area (Å²) in [6.45, 7) is -0.487. The number of rotatable bonds is 1. The van der Waals surface area contributed by atoms with Crippen molar-refractivity contribution in [2.45, 2.75) is 4.33 Å². The van der Waals surface area contributed by atoms with Gasteiger partial charge in [0.25, 0.3) is 13.4 Å². The SMILES string of the molecule is O=C1NC(Cl)(S(=O)(=O)Cl)CO1. The van der Waals surface area contributed by atoms with E-state index in [9.17, 15) is 13.2 Å². The van der Waals surface area contributed by atoms with Gasteiger partial charge in [0, 0.05) is 10.7 Å². The molecule has 0 aromatic carbocycles. The van der Waals surface area contributed by atoms with E-state index in [0.717, 1.165) is 0 Å². The van der Waals surface area contributed by atoms with Crippen LogP contribution in [-0.2, 0) is 13.8 Å². The topological polar surface area (TPSA) is 72.5 Å². The van der Waals surface area contributed by atoms with E-state index >= 15 is 0 Å². The summed E-state index contributed by atoms with van der Waals surface area (Å²) < 4.78 is 23.5. The number of ether oxygens (including phenoxy) is 1. The molecule has 1 heterocycles. The van der Waals surface area contributed by atoms with Gasteiger partial charge in [-0.15, -0.1) is 0 Å². The summed E-state index contributed by atoms with van der Waals surface area (Å²) in [6.07, 6.45) is -0.899. The first kappa shape index (κ1) is 8.89. The number of alkyl carbamates (subject to hydrolysis) is 1. The highest BCUT2D eigenvalue weighted by Gasteiger charge is 2.48. The lowest BCUT2D eigenvalue weighted by molar-refractivity contribution is 0.177. The standard InChI is InChI=1S/C3H3Cl2NO4S/c4-3(11(5,8)9)1-10-2(7)6-3/h1H2,(H,6,7). The number of carbonyl (C=O) groups excluding carboxylic acids is 1. The fraction of sp³-hybridized carbons (Fsp3) is 0.667. The van der Waals surface area contributed by atoms with Gasteiger partial charge >= 0.3 is 6.09 Å². The maximum Gasteiger partial charge on any atom is 0.409 e. The molecule has 1 aliphatic rings. The quantitative estimate of drug-likeness (QED) is 0.389. The number of alkyl halides is 1. The molecule has 0 bridgehead atoms. The molecule has 1 rings (SSSR count). The smallest absolute Gasteiger partial charge is 0.409 e. The summed E-state index contributed by atoms with van der Waals surface area (Å²) in [6, 6.07) is 0. The molecule has 1 aliphatic heterocycles. The van der Waals surface area contributed by atoms with Crippen molar-refractivity contribution in [3.63, 3.8) is 0 Å². The van der Waals surface area contributed by atoms with Crippen molar-refractivity contribution in [3.8, 4) is 0 Å². The van der Waals surface area contributed by atoms with Gasteiger partial charge in [0.15, 0.2) is 0 Å². The molecular formula is C3H3Cl2NO4S. The number of nitrogens with one attached hydrogen (secondary N) is 1. The third kappa shape index (κ3) is 1.52. The van der Waals surface area contributed by atoms with Crippen molar-refractivity contribution >= 4 is 37.4 Å². The highest BCUT2D eigenvalue weighted by atomic mass is 35.7. The van der Waals surface area contributed by atoms with E-state index in [0.29, 0.717) is 0 Å². The van der Waals surface area contributed by atoms with E-state index in [1.165, 1.54) is 0 Å². The van der Waals surface area contributed by atoms with Crippen LogP contribution in [0.25, 0.3) is 0 Å². The van der Waals surface area contributed by atoms with Crippen LogP contribution < -0.4 is 5.32 Å². The minimum absolute atomic E-state index is 0.487. The van der Waals surface area contributed by atoms with Crippen LogP contribution in [-0.4, -0.2) is 25.4 Å². The Hall–Kier alpha value is -0.200. The second-order valence-electron chi connectivity index (χ2n) is 1.87. The van der Waals surface area contributed by atoms with Crippen LogP contribution in [0.1, 0.15) is 0 Å². The molecule has 0 saturated carbocycles. The molecule has 0 aliphatic carbocycles. The monoisotopic (exact) mass is 219 g/mol. The number of halogens is 2. The lowest BCUT2D eigenvalue weighted by Crippen LogP contribution is -2.42. The van der Waals surface area contributed by atoms with Crippen molar-refractivity contribution < 1.29 is 17.9 Å². The number of hydrogen-bond donors (Lipinski definition) is 1. The Morgan fingerprint density at radius 1 is 1.64 bits per heavy atom. The molecule has 1 fully saturated rings. The second kappa shape index (κ2) is 2.40. The number of cyclic esters (lactones) is 1. The molecule has 1 atom stereocenters. The molecule has 8 heteroatoms. The fourth-order valence-corrected chi connectivity index (χ4v) is 1.30. The first-order valence-corrected chi connectivity index (χ1v) is 5.12. The molecule has 0 radical (unpaired) electrons. The van der Waals surface area contributed by atoms with E-state index in [1.807, 2.05) is 5.32 Å². The van der Waals surface area contributed by atoms with Crippen molar-refractivity contribution in [2.24, 2.45) is 0 Å².